The van der Waals surface area contributed by atoms with Crippen molar-refractivity contribution in [1.82, 2.24) is 4.98 Å². The number of nitrogen functional groups attached to an aromatic ring is 1. The molecule has 0 unspecified atom stereocenters. The number of rotatable bonds is 2. The van der Waals surface area contributed by atoms with E-state index in [1.54, 1.807) is 6.20 Å². The minimum Gasteiger partial charge on any atom is -0.384 e. The number of hydrogen-bond donors (Lipinski definition) is 1. The topological polar surface area (TPSA) is 62.7 Å². The third kappa shape index (κ3) is 2.01. The molecule has 0 radical (unpaired) electrons. The molecular formula is C13H11N3. The number of aromatic nitrogens is 1. The van der Waals surface area contributed by atoms with Crippen LogP contribution in [0.3, 0.4) is 0 Å². The van der Waals surface area contributed by atoms with Crippen molar-refractivity contribution in [1.29, 1.82) is 5.26 Å². The second-order valence-corrected chi connectivity index (χ2v) is 3.47. The number of benzene rings is 1. The first-order chi connectivity index (χ1) is 7.81. The van der Waals surface area contributed by atoms with Gasteiger partial charge < -0.3 is 5.73 Å². The van der Waals surface area contributed by atoms with Gasteiger partial charge in [-0.3, -0.25) is 0 Å². The average molecular weight is 209 g/mol. The number of pyridine rings is 1. The van der Waals surface area contributed by atoms with Crippen LogP contribution in [0.1, 0.15) is 5.56 Å². The molecule has 0 saturated carbocycles. The van der Waals surface area contributed by atoms with E-state index in [0.717, 1.165) is 16.7 Å². The number of anilines is 1. The van der Waals surface area contributed by atoms with Gasteiger partial charge in [0.1, 0.15) is 5.82 Å². The Morgan fingerprint density at radius 3 is 2.69 bits per heavy atom. The van der Waals surface area contributed by atoms with Gasteiger partial charge in [0.05, 0.1) is 12.5 Å². The van der Waals surface area contributed by atoms with E-state index >= 15 is 0 Å². The maximum Gasteiger partial charge on any atom is 0.123 e. The quantitative estimate of drug-likeness (QED) is 0.826. The zero-order valence-electron chi connectivity index (χ0n) is 8.72. The van der Waals surface area contributed by atoms with E-state index in [9.17, 15) is 0 Å². The van der Waals surface area contributed by atoms with Crippen LogP contribution in [-0.2, 0) is 6.42 Å². The van der Waals surface area contributed by atoms with Crippen LogP contribution in [0.5, 0.6) is 0 Å². The summed E-state index contributed by atoms with van der Waals surface area (Å²) < 4.78 is 0. The molecule has 0 saturated heterocycles. The molecule has 2 aromatic rings. The van der Waals surface area contributed by atoms with Crippen LogP contribution in [0.25, 0.3) is 11.1 Å². The lowest BCUT2D eigenvalue weighted by atomic mass is 10.00. The molecule has 0 fully saturated rings. The predicted octanol–water partition coefficient (Wildman–Crippen LogP) is 2.40. The van der Waals surface area contributed by atoms with Crippen LogP contribution in [0.15, 0.2) is 42.6 Å². The Labute approximate surface area is 94.2 Å². The number of nitrogens with two attached hydrogens (primary N) is 1. The molecule has 0 aliphatic carbocycles. The van der Waals surface area contributed by atoms with E-state index < -0.39 is 0 Å². The molecule has 0 amide bonds. The first-order valence-corrected chi connectivity index (χ1v) is 4.98. The molecule has 1 aromatic heterocycles. The van der Waals surface area contributed by atoms with Crippen molar-refractivity contribution in [2.45, 2.75) is 6.42 Å². The van der Waals surface area contributed by atoms with Crippen LogP contribution >= 0.6 is 0 Å². The van der Waals surface area contributed by atoms with Gasteiger partial charge in [-0.05, 0) is 22.8 Å². The number of nitrogens with zero attached hydrogens (tertiary/aromatic N) is 2. The minimum atomic E-state index is 0.345. The minimum absolute atomic E-state index is 0.345. The number of nitriles is 1. The molecule has 3 nitrogen and oxygen atoms in total. The Balaban J connectivity index is 2.55. The van der Waals surface area contributed by atoms with Gasteiger partial charge in [0.15, 0.2) is 0 Å². The van der Waals surface area contributed by atoms with Gasteiger partial charge in [-0.25, -0.2) is 4.98 Å². The lowest BCUT2D eigenvalue weighted by molar-refractivity contribution is 1.20. The lowest BCUT2D eigenvalue weighted by Gasteiger charge is -2.07. The second-order valence-electron chi connectivity index (χ2n) is 3.47. The third-order valence-corrected chi connectivity index (χ3v) is 2.36. The summed E-state index contributed by atoms with van der Waals surface area (Å²) in [5, 5.41) is 8.75. The highest BCUT2D eigenvalue weighted by Gasteiger charge is 2.05. The van der Waals surface area contributed by atoms with E-state index in [1.807, 2.05) is 36.4 Å². The molecule has 1 heterocycles. The molecule has 3 heteroatoms. The largest absolute Gasteiger partial charge is 0.384 e. The van der Waals surface area contributed by atoms with Gasteiger partial charge in [-0.1, -0.05) is 30.3 Å². The molecule has 1 aromatic carbocycles. The van der Waals surface area contributed by atoms with Gasteiger partial charge >= 0.3 is 0 Å². The third-order valence-electron chi connectivity index (χ3n) is 2.36. The highest BCUT2D eigenvalue weighted by Crippen LogP contribution is 2.24. The highest BCUT2D eigenvalue weighted by atomic mass is 14.8. The molecule has 2 N–H and O–H groups in total. The summed E-state index contributed by atoms with van der Waals surface area (Å²) in [6.45, 7) is 0. The maximum atomic E-state index is 8.75. The van der Waals surface area contributed by atoms with Gasteiger partial charge in [0.2, 0.25) is 0 Å². The van der Waals surface area contributed by atoms with Crippen molar-refractivity contribution in [3.8, 4) is 17.2 Å². The SMILES string of the molecule is N#CCc1cnc(N)cc1-c1ccccc1. The molecule has 0 spiro atoms. The Morgan fingerprint density at radius 2 is 2.00 bits per heavy atom. The van der Waals surface area contributed by atoms with Crippen molar-refractivity contribution >= 4 is 5.82 Å². The first-order valence-electron chi connectivity index (χ1n) is 4.98. The van der Waals surface area contributed by atoms with Crippen molar-refractivity contribution < 1.29 is 0 Å². The van der Waals surface area contributed by atoms with Crippen molar-refractivity contribution in [3.05, 3.63) is 48.2 Å². The van der Waals surface area contributed by atoms with Crippen molar-refractivity contribution in [2.24, 2.45) is 0 Å². The standard InChI is InChI=1S/C13H11N3/c14-7-6-11-9-16-13(15)8-12(11)10-4-2-1-3-5-10/h1-5,8-9H,6H2,(H2,15,16). The Bertz CT molecular complexity index is 527. The van der Waals surface area contributed by atoms with Gasteiger partial charge in [-0.2, -0.15) is 5.26 Å². The van der Waals surface area contributed by atoms with Crippen LogP contribution in [0.4, 0.5) is 5.82 Å². The molecule has 78 valence electrons. The predicted molar refractivity (Wildman–Crippen MR) is 63.4 cm³/mol. The highest BCUT2D eigenvalue weighted by molar-refractivity contribution is 5.69. The second kappa shape index (κ2) is 4.45. The van der Waals surface area contributed by atoms with Gasteiger partial charge in [0.25, 0.3) is 0 Å². The van der Waals surface area contributed by atoms with E-state index in [4.69, 9.17) is 11.0 Å². The Hall–Kier alpha value is -2.34. The summed E-state index contributed by atoms with van der Waals surface area (Å²) in [5.74, 6) is 0.473. The summed E-state index contributed by atoms with van der Waals surface area (Å²) in [6.07, 6.45) is 2.01. The molecule has 0 aliphatic heterocycles. The normalized spacial score (nSPS) is 9.69. The molecule has 0 bridgehead atoms. The van der Waals surface area contributed by atoms with Crippen LogP contribution in [0, 0.1) is 11.3 Å². The van der Waals surface area contributed by atoms with Crippen molar-refractivity contribution in [2.75, 3.05) is 5.73 Å². The summed E-state index contributed by atoms with van der Waals surface area (Å²) in [5.41, 5.74) is 8.61. The van der Waals surface area contributed by atoms with E-state index in [-0.39, 0.29) is 0 Å². The summed E-state index contributed by atoms with van der Waals surface area (Å²) >= 11 is 0. The van der Waals surface area contributed by atoms with E-state index in [2.05, 4.69) is 11.1 Å². The molecular weight excluding hydrogens is 198 g/mol. The van der Waals surface area contributed by atoms with Crippen molar-refractivity contribution in [3.63, 3.8) is 0 Å². The summed E-state index contributed by atoms with van der Waals surface area (Å²) in [7, 11) is 0. The first kappa shape index (κ1) is 10.2. The lowest BCUT2D eigenvalue weighted by Crippen LogP contribution is -1.95. The van der Waals surface area contributed by atoms with E-state index in [1.165, 1.54) is 0 Å². The molecule has 0 atom stereocenters. The number of hydrogen-bond acceptors (Lipinski definition) is 3. The fraction of sp³-hybridized carbons (Fsp3) is 0.0769. The fourth-order valence-electron chi connectivity index (χ4n) is 1.61. The average Bonchev–Trinajstić information content (AvgIpc) is 2.33. The zero-order valence-corrected chi connectivity index (χ0v) is 8.72. The molecule has 16 heavy (non-hydrogen) atoms. The molecule has 2 rings (SSSR count). The Kier molecular flexibility index (Phi) is 2.84. The smallest absolute Gasteiger partial charge is 0.123 e. The van der Waals surface area contributed by atoms with Gasteiger partial charge in [0, 0.05) is 6.20 Å². The van der Waals surface area contributed by atoms with Crippen LogP contribution in [0.2, 0.25) is 0 Å². The fourth-order valence-corrected chi connectivity index (χ4v) is 1.61. The van der Waals surface area contributed by atoms with Gasteiger partial charge in [-0.15, -0.1) is 0 Å². The van der Waals surface area contributed by atoms with Crippen LogP contribution < -0.4 is 5.73 Å². The summed E-state index contributed by atoms with van der Waals surface area (Å²) in [4.78, 5) is 4.01. The van der Waals surface area contributed by atoms with E-state index in [0.29, 0.717) is 12.2 Å². The summed E-state index contributed by atoms with van der Waals surface area (Å²) in [6, 6.07) is 13.8. The zero-order chi connectivity index (χ0) is 11.4. The van der Waals surface area contributed by atoms with Crippen LogP contribution in [-0.4, -0.2) is 4.98 Å². The monoisotopic (exact) mass is 209 g/mol. The molecule has 0 aliphatic rings. The maximum absolute atomic E-state index is 8.75. The Morgan fingerprint density at radius 1 is 1.25 bits per heavy atom.